The van der Waals surface area contributed by atoms with Crippen molar-refractivity contribution >= 4 is 5.82 Å². The summed E-state index contributed by atoms with van der Waals surface area (Å²) in [6, 6.07) is 5.89. The number of ether oxygens (including phenoxy) is 2. The van der Waals surface area contributed by atoms with Crippen LogP contribution >= 0.6 is 0 Å². The molecule has 0 aliphatic carbocycles. The molecule has 4 rings (SSSR count). The van der Waals surface area contributed by atoms with Gasteiger partial charge in [-0.1, -0.05) is 0 Å². The summed E-state index contributed by atoms with van der Waals surface area (Å²) in [5.74, 6) is 1.60. The first-order valence-corrected chi connectivity index (χ1v) is 7.57. The first-order chi connectivity index (χ1) is 10.7. The number of hydrogen-bond donors (Lipinski definition) is 0. The van der Waals surface area contributed by atoms with E-state index in [1.165, 1.54) is 0 Å². The van der Waals surface area contributed by atoms with Gasteiger partial charge in [0.15, 0.2) is 11.6 Å². The Kier molecular flexibility index (Phi) is 3.31. The highest BCUT2D eigenvalue weighted by atomic mass is 16.6. The number of aromatic nitrogens is 4. The first-order valence-electron chi connectivity index (χ1n) is 7.57. The first kappa shape index (κ1) is 13.7. The summed E-state index contributed by atoms with van der Waals surface area (Å²) in [6.07, 6.45) is 2.83. The van der Waals surface area contributed by atoms with Gasteiger partial charge in [-0.25, -0.2) is 4.68 Å². The third kappa shape index (κ3) is 2.46. The zero-order valence-corrected chi connectivity index (χ0v) is 12.6. The van der Waals surface area contributed by atoms with Gasteiger partial charge in [-0.3, -0.25) is 0 Å². The monoisotopic (exact) mass is 301 g/mol. The van der Waals surface area contributed by atoms with Crippen molar-refractivity contribution in [3.63, 3.8) is 0 Å². The van der Waals surface area contributed by atoms with E-state index in [9.17, 15) is 0 Å². The van der Waals surface area contributed by atoms with E-state index >= 15 is 0 Å². The predicted octanol–water partition coefficient (Wildman–Crippen LogP) is 0.966. The van der Waals surface area contributed by atoms with Crippen LogP contribution in [0.5, 0.6) is 0 Å². The lowest BCUT2D eigenvalue weighted by Gasteiger charge is -2.39. The van der Waals surface area contributed by atoms with Crippen molar-refractivity contribution in [3.05, 3.63) is 30.1 Å². The maximum atomic E-state index is 5.94. The molecule has 2 aromatic heterocycles. The Hall–Kier alpha value is -1.99. The van der Waals surface area contributed by atoms with Crippen LogP contribution in [0.4, 0.5) is 5.82 Å². The second-order valence-corrected chi connectivity index (χ2v) is 5.91. The van der Waals surface area contributed by atoms with Gasteiger partial charge in [-0.2, -0.15) is 5.10 Å². The fraction of sp³-hybridized carbons (Fsp3) is 0.533. The van der Waals surface area contributed by atoms with E-state index in [4.69, 9.17) is 9.47 Å². The lowest BCUT2D eigenvalue weighted by atomic mass is 10.0. The van der Waals surface area contributed by atoms with Crippen molar-refractivity contribution in [3.8, 4) is 5.82 Å². The summed E-state index contributed by atoms with van der Waals surface area (Å²) in [4.78, 5) is 2.23. The fourth-order valence-electron chi connectivity index (χ4n) is 3.02. The molecule has 1 spiro atoms. The molecule has 1 atom stereocenters. The lowest BCUT2D eigenvalue weighted by molar-refractivity contribution is -0.0581. The SMILES string of the molecule is Cc1ccn(-c2ccc(N3CCOC4(CCOC4)C3)nn2)n1. The molecule has 22 heavy (non-hydrogen) atoms. The molecule has 2 aromatic rings. The van der Waals surface area contributed by atoms with Crippen molar-refractivity contribution in [2.75, 3.05) is 37.8 Å². The van der Waals surface area contributed by atoms with E-state index in [1.54, 1.807) is 4.68 Å². The number of rotatable bonds is 2. The van der Waals surface area contributed by atoms with Gasteiger partial charge in [0, 0.05) is 25.8 Å². The largest absolute Gasteiger partial charge is 0.378 e. The van der Waals surface area contributed by atoms with E-state index < -0.39 is 0 Å². The van der Waals surface area contributed by atoms with Gasteiger partial charge in [0.1, 0.15) is 5.60 Å². The molecule has 0 N–H and O–H groups in total. The number of morpholine rings is 1. The highest BCUT2D eigenvalue weighted by molar-refractivity contribution is 5.41. The summed E-state index contributed by atoms with van der Waals surface area (Å²) in [7, 11) is 0. The summed E-state index contributed by atoms with van der Waals surface area (Å²) in [5.41, 5.74) is 0.791. The molecule has 1 unspecified atom stereocenters. The van der Waals surface area contributed by atoms with Gasteiger partial charge in [0.05, 0.1) is 25.5 Å². The quantitative estimate of drug-likeness (QED) is 0.823. The van der Waals surface area contributed by atoms with Crippen LogP contribution in [0.25, 0.3) is 5.82 Å². The minimum atomic E-state index is -0.169. The molecule has 2 fully saturated rings. The molecule has 0 amide bonds. The van der Waals surface area contributed by atoms with Crippen LogP contribution in [-0.2, 0) is 9.47 Å². The van der Waals surface area contributed by atoms with Gasteiger partial charge in [-0.05, 0) is 25.1 Å². The molecule has 116 valence electrons. The second kappa shape index (κ2) is 5.33. The van der Waals surface area contributed by atoms with Gasteiger partial charge < -0.3 is 14.4 Å². The van der Waals surface area contributed by atoms with Crippen LogP contribution in [-0.4, -0.2) is 58.5 Å². The molecule has 2 aliphatic heterocycles. The van der Waals surface area contributed by atoms with Crippen LogP contribution in [0.3, 0.4) is 0 Å². The van der Waals surface area contributed by atoms with Gasteiger partial charge in [0.2, 0.25) is 0 Å². The third-order valence-corrected chi connectivity index (χ3v) is 4.23. The standard InChI is InChI=1S/C15H19N5O2/c1-12-4-6-20(18-12)14-3-2-13(16-17-14)19-7-9-22-15(10-19)5-8-21-11-15/h2-4,6H,5,7-11H2,1H3. The molecule has 2 saturated heterocycles. The predicted molar refractivity (Wildman–Crippen MR) is 80.2 cm³/mol. The molecule has 0 saturated carbocycles. The van der Waals surface area contributed by atoms with Gasteiger partial charge >= 0.3 is 0 Å². The van der Waals surface area contributed by atoms with Gasteiger partial charge in [0.25, 0.3) is 0 Å². The molecule has 4 heterocycles. The Morgan fingerprint density at radius 3 is 2.68 bits per heavy atom. The summed E-state index contributed by atoms with van der Waals surface area (Å²) in [6.45, 7) is 5.73. The molecule has 0 bridgehead atoms. The van der Waals surface area contributed by atoms with Crippen molar-refractivity contribution in [2.24, 2.45) is 0 Å². The highest BCUT2D eigenvalue weighted by Crippen LogP contribution is 2.29. The second-order valence-electron chi connectivity index (χ2n) is 5.91. The topological polar surface area (TPSA) is 65.3 Å². The van der Waals surface area contributed by atoms with Crippen molar-refractivity contribution in [2.45, 2.75) is 18.9 Å². The average Bonchev–Trinajstić information content (AvgIpc) is 3.17. The van der Waals surface area contributed by atoms with E-state index in [0.29, 0.717) is 13.2 Å². The molecular weight excluding hydrogens is 282 g/mol. The number of aryl methyl sites for hydroxylation is 1. The van der Waals surface area contributed by atoms with Gasteiger partial charge in [-0.15, -0.1) is 10.2 Å². The molecule has 7 heteroatoms. The average molecular weight is 301 g/mol. The molecule has 7 nitrogen and oxygen atoms in total. The molecule has 0 radical (unpaired) electrons. The Balaban J connectivity index is 1.53. The Labute approximate surface area is 128 Å². The van der Waals surface area contributed by atoms with Crippen LogP contribution in [0, 0.1) is 6.92 Å². The van der Waals surface area contributed by atoms with E-state index in [2.05, 4.69) is 20.2 Å². The summed E-state index contributed by atoms with van der Waals surface area (Å²) in [5, 5.41) is 13.0. The molecular formula is C15H19N5O2. The fourth-order valence-corrected chi connectivity index (χ4v) is 3.02. The number of nitrogens with zero attached hydrogens (tertiary/aromatic N) is 5. The van der Waals surface area contributed by atoms with Crippen LogP contribution in [0.15, 0.2) is 24.4 Å². The molecule has 2 aliphatic rings. The van der Waals surface area contributed by atoms with Crippen molar-refractivity contribution in [1.29, 1.82) is 0 Å². The maximum Gasteiger partial charge on any atom is 0.175 e. The molecule has 0 aromatic carbocycles. The van der Waals surface area contributed by atoms with Crippen molar-refractivity contribution in [1.82, 2.24) is 20.0 Å². The Morgan fingerprint density at radius 2 is 2.00 bits per heavy atom. The zero-order valence-electron chi connectivity index (χ0n) is 12.6. The Bertz CT molecular complexity index is 648. The van der Waals surface area contributed by atoms with Crippen LogP contribution in [0.1, 0.15) is 12.1 Å². The minimum Gasteiger partial charge on any atom is -0.378 e. The number of hydrogen-bond acceptors (Lipinski definition) is 6. The Morgan fingerprint density at radius 1 is 1.14 bits per heavy atom. The normalized spacial score (nSPS) is 25.0. The van der Waals surface area contributed by atoms with Crippen molar-refractivity contribution < 1.29 is 9.47 Å². The number of anilines is 1. The summed E-state index contributed by atoms with van der Waals surface area (Å²) < 4.78 is 13.2. The van der Waals surface area contributed by atoms with Crippen LogP contribution in [0.2, 0.25) is 0 Å². The highest BCUT2D eigenvalue weighted by Gasteiger charge is 2.40. The summed E-state index contributed by atoms with van der Waals surface area (Å²) >= 11 is 0. The smallest absolute Gasteiger partial charge is 0.175 e. The van der Waals surface area contributed by atoms with E-state index in [0.717, 1.165) is 43.4 Å². The third-order valence-electron chi connectivity index (χ3n) is 4.23. The minimum absolute atomic E-state index is 0.169. The maximum absolute atomic E-state index is 5.94. The van der Waals surface area contributed by atoms with E-state index in [-0.39, 0.29) is 5.60 Å². The lowest BCUT2D eigenvalue weighted by Crippen LogP contribution is -2.52. The van der Waals surface area contributed by atoms with E-state index in [1.807, 2.05) is 31.3 Å². The van der Waals surface area contributed by atoms with Crippen LogP contribution < -0.4 is 4.90 Å². The zero-order chi connectivity index (χ0) is 15.0.